The molecule has 0 radical (unpaired) electrons. The van der Waals surface area contributed by atoms with E-state index in [1.807, 2.05) is 12.1 Å². The van der Waals surface area contributed by atoms with Crippen LogP contribution in [0.15, 0.2) is 34.5 Å². The summed E-state index contributed by atoms with van der Waals surface area (Å²) >= 11 is 0. The molecule has 0 spiro atoms. The largest absolute Gasteiger partial charge is 0.189 e. The lowest BCUT2D eigenvalue weighted by Gasteiger charge is -1.95. The number of hydrogen-bond acceptors (Lipinski definition) is 2. The second-order valence-electron chi connectivity index (χ2n) is 2.99. The zero-order valence-electron chi connectivity index (χ0n) is 8.33. The third kappa shape index (κ3) is 3.36. The minimum Gasteiger partial charge on any atom is -0.189 e. The van der Waals surface area contributed by atoms with Crippen molar-refractivity contribution >= 4 is 5.69 Å². The number of nitrogens with zero attached hydrogens (tertiary/aromatic N) is 2. The van der Waals surface area contributed by atoms with Crippen molar-refractivity contribution in [2.75, 3.05) is 6.54 Å². The topological polar surface area (TPSA) is 24.7 Å². The van der Waals surface area contributed by atoms with Crippen LogP contribution in [-0.4, -0.2) is 6.54 Å². The number of benzene rings is 1. The first-order valence-corrected chi connectivity index (χ1v) is 4.83. The Morgan fingerprint density at radius 1 is 1.08 bits per heavy atom. The maximum Gasteiger partial charge on any atom is 0.0852 e. The zero-order chi connectivity index (χ0) is 9.52. The molecule has 0 saturated carbocycles. The predicted octanol–water partition coefficient (Wildman–Crippen LogP) is 3.74. The minimum atomic E-state index is 0.815. The van der Waals surface area contributed by atoms with Crippen LogP contribution in [0.5, 0.6) is 0 Å². The molecule has 0 fully saturated rings. The van der Waals surface area contributed by atoms with Gasteiger partial charge < -0.3 is 0 Å². The Hall–Kier alpha value is -1.18. The molecular formula is C11H16N2. The molecule has 1 rings (SSSR count). The molecule has 0 aliphatic carbocycles. The van der Waals surface area contributed by atoms with E-state index in [1.165, 1.54) is 5.56 Å². The SMILES string of the molecule is CCCN=Nc1ccc(CC)cc1. The van der Waals surface area contributed by atoms with Crippen LogP contribution in [-0.2, 0) is 6.42 Å². The molecule has 0 N–H and O–H groups in total. The summed E-state index contributed by atoms with van der Waals surface area (Å²) in [6.45, 7) is 5.06. The van der Waals surface area contributed by atoms with Crippen LogP contribution >= 0.6 is 0 Å². The molecule has 0 atom stereocenters. The molecule has 2 nitrogen and oxygen atoms in total. The fraction of sp³-hybridized carbons (Fsp3) is 0.455. The maximum absolute atomic E-state index is 4.10. The fourth-order valence-corrected chi connectivity index (χ4v) is 1.03. The normalized spacial score (nSPS) is 10.9. The maximum atomic E-state index is 4.10. The van der Waals surface area contributed by atoms with Crippen molar-refractivity contribution in [1.82, 2.24) is 0 Å². The quantitative estimate of drug-likeness (QED) is 0.624. The van der Waals surface area contributed by atoms with E-state index in [-0.39, 0.29) is 0 Å². The highest BCUT2D eigenvalue weighted by molar-refractivity contribution is 5.37. The Morgan fingerprint density at radius 3 is 2.31 bits per heavy atom. The summed E-state index contributed by atoms with van der Waals surface area (Å²) in [5, 5.41) is 8.14. The molecule has 0 aliphatic rings. The molecule has 2 heteroatoms. The van der Waals surface area contributed by atoms with E-state index in [0.29, 0.717) is 0 Å². The van der Waals surface area contributed by atoms with Crippen LogP contribution in [0.25, 0.3) is 0 Å². The summed E-state index contributed by atoms with van der Waals surface area (Å²) in [4.78, 5) is 0. The highest BCUT2D eigenvalue weighted by Gasteiger charge is 1.89. The molecule has 13 heavy (non-hydrogen) atoms. The van der Waals surface area contributed by atoms with Crippen LogP contribution in [0.3, 0.4) is 0 Å². The number of rotatable bonds is 4. The van der Waals surface area contributed by atoms with Gasteiger partial charge in [0.2, 0.25) is 0 Å². The summed E-state index contributed by atoms with van der Waals surface area (Å²) in [5.74, 6) is 0. The highest BCUT2D eigenvalue weighted by atomic mass is 15.1. The first-order valence-electron chi connectivity index (χ1n) is 4.83. The van der Waals surface area contributed by atoms with Crippen molar-refractivity contribution in [2.24, 2.45) is 10.2 Å². The Kier molecular flexibility index (Phi) is 4.16. The van der Waals surface area contributed by atoms with Crippen molar-refractivity contribution in [3.63, 3.8) is 0 Å². The summed E-state index contributed by atoms with van der Waals surface area (Å²) in [7, 11) is 0. The molecule has 0 heterocycles. The van der Waals surface area contributed by atoms with Gasteiger partial charge in [-0.25, -0.2) is 0 Å². The molecule has 0 saturated heterocycles. The van der Waals surface area contributed by atoms with E-state index in [9.17, 15) is 0 Å². The van der Waals surface area contributed by atoms with Crippen molar-refractivity contribution < 1.29 is 0 Å². The van der Waals surface area contributed by atoms with Crippen molar-refractivity contribution in [1.29, 1.82) is 0 Å². The summed E-state index contributed by atoms with van der Waals surface area (Å²) in [5.41, 5.74) is 2.29. The van der Waals surface area contributed by atoms with Gasteiger partial charge in [-0.15, -0.1) is 0 Å². The lowest BCUT2D eigenvalue weighted by molar-refractivity contribution is 0.876. The van der Waals surface area contributed by atoms with Gasteiger partial charge in [0.05, 0.1) is 12.2 Å². The molecule has 1 aromatic rings. The van der Waals surface area contributed by atoms with Crippen LogP contribution in [0, 0.1) is 0 Å². The zero-order valence-corrected chi connectivity index (χ0v) is 8.33. The minimum absolute atomic E-state index is 0.815. The van der Waals surface area contributed by atoms with Gasteiger partial charge in [-0.2, -0.15) is 10.2 Å². The first-order chi connectivity index (χ1) is 6.36. The lowest BCUT2D eigenvalue weighted by Crippen LogP contribution is -1.76. The standard InChI is InChI=1S/C11H16N2/c1-3-9-12-13-11-7-5-10(4-2)6-8-11/h5-8H,3-4,9H2,1-2H3. The first kappa shape index (κ1) is 9.90. The summed E-state index contributed by atoms with van der Waals surface area (Å²) in [6.07, 6.45) is 2.13. The summed E-state index contributed by atoms with van der Waals surface area (Å²) < 4.78 is 0. The Labute approximate surface area is 79.7 Å². The average Bonchev–Trinajstić information content (AvgIpc) is 2.19. The van der Waals surface area contributed by atoms with Gasteiger partial charge in [-0.1, -0.05) is 26.0 Å². The van der Waals surface area contributed by atoms with Gasteiger partial charge in [-0.05, 0) is 30.5 Å². The third-order valence-corrected chi connectivity index (χ3v) is 1.85. The Morgan fingerprint density at radius 2 is 1.77 bits per heavy atom. The molecule has 0 amide bonds. The van der Waals surface area contributed by atoms with E-state index >= 15 is 0 Å². The van der Waals surface area contributed by atoms with E-state index < -0.39 is 0 Å². The van der Waals surface area contributed by atoms with Crippen molar-refractivity contribution in [3.8, 4) is 0 Å². The van der Waals surface area contributed by atoms with Gasteiger partial charge in [0.15, 0.2) is 0 Å². The van der Waals surface area contributed by atoms with E-state index in [0.717, 1.165) is 25.1 Å². The molecule has 70 valence electrons. The molecule has 1 aromatic carbocycles. The smallest absolute Gasteiger partial charge is 0.0852 e. The molecule has 0 unspecified atom stereocenters. The monoisotopic (exact) mass is 176 g/mol. The lowest BCUT2D eigenvalue weighted by atomic mass is 10.2. The fourth-order valence-electron chi connectivity index (χ4n) is 1.03. The van der Waals surface area contributed by atoms with Gasteiger partial charge >= 0.3 is 0 Å². The van der Waals surface area contributed by atoms with Crippen LogP contribution in [0.4, 0.5) is 5.69 Å². The number of hydrogen-bond donors (Lipinski definition) is 0. The van der Waals surface area contributed by atoms with Crippen molar-refractivity contribution in [2.45, 2.75) is 26.7 Å². The summed E-state index contributed by atoms with van der Waals surface area (Å²) in [6, 6.07) is 8.22. The molecule has 0 aromatic heterocycles. The van der Waals surface area contributed by atoms with Gasteiger partial charge in [0.1, 0.15) is 0 Å². The Bertz CT molecular complexity index is 262. The molecule has 0 aliphatic heterocycles. The number of azo groups is 1. The molecular weight excluding hydrogens is 160 g/mol. The predicted molar refractivity (Wildman–Crippen MR) is 55.5 cm³/mol. The Balaban J connectivity index is 2.58. The van der Waals surface area contributed by atoms with E-state index in [1.54, 1.807) is 0 Å². The van der Waals surface area contributed by atoms with Crippen LogP contribution in [0.2, 0.25) is 0 Å². The third-order valence-electron chi connectivity index (χ3n) is 1.85. The van der Waals surface area contributed by atoms with Crippen LogP contribution in [0.1, 0.15) is 25.8 Å². The van der Waals surface area contributed by atoms with E-state index in [4.69, 9.17) is 0 Å². The second-order valence-corrected chi connectivity index (χ2v) is 2.99. The van der Waals surface area contributed by atoms with E-state index in [2.05, 4.69) is 36.2 Å². The van der Waals surface area contributed by atoms with Crippen molar-refractivity contribution in [3.05, 3.63) is 29.8 Å². The van der Waals surface area contributed by atoms with Gasteiger partial charge in [0.25, 0.3) is 0 Å². The highest BCUT2D eigenvalue weighted by Crippen LogP contribution is 2.13. The van der Waals surface area contributed by atoms with Gasteiger partial charge in [-0.3, -0.25) is 0 Å². The van der Waals surface area contributed by atoms with Gasteiger partial charge in [0, 0.05) is 0 Å². The number of aryl methyl sites for hydroxylation is 1. The average molecular weight is 176 g/mol. The second kappa shape index (κ2) is 5.46. The van der Waals surface area contributed by atoms with Crippen LogP contribution < -0.4 is 0 Å². The molecule has 0 bridgehead atoms.